The fourth-order valence-electron chi connectivity index (χ4n) is 7.56. The van der Waals surface area contributed by atoms with E-state index in [-0.39, 0.29) is 24.8 Å². The van der Waals surface area contributed by atoms with Crippen molar-refractivity contribution in [2.24, 2.45) is 5.92 Å². The number of benzene rings is 2. The number of hydrogen-bond donors (Lipinski definition) is 0. The van der Waals surface area contributed by atoms with Crippen molar-refractivity contribution in [3.63, 3.8) is 0 Å². The Balaban J connectivity index is 0.00000337. The predicted molar refractivity (Wildman–Crippen MR) is 194 cm³/mol. The molecule has 0 saturated heterocycles. The maximum Gasteiger partial charge on any atom is -1.00 e. The number of unbranched alkanes of at least 4 members (excludes halogenated alkanes) is 2. The largest absolute Gasteiger partial charge is 1.00 e. The van der Waals surface area contributed by atoms with Crippen LogP contribution in [0.25, 0.3) is 11.1 Å². The van der Waals surface area contributed by atoms with Crippen molar-refractivity contribution in [1.82, 2.24) is 0 Å². The van der Waals surface area contributed by atoms with Gasteiger partial charge in [-0.2, -0.15) is 0 Å². The Hall–Kier alpha value is -0.313. The van der Waals surface area contributed by atoms with Crippen LogP contribution in [0.5, 0.6) is 0 Å². The predicted octanol–water partition coefficient (Wildman–Crippen LogP) is 4.74. The molecule has 0 saturated carbocycles. The summed E-state index contributed by atoms with van der Waals surface area (Å²) in [4.78, 5) is 0. The fraction of sp³-hybridized carbons (Fsp3) is 0.564. The quantitative estimate of drug-likeness (QED) is 0.222. The first-order valence-corrected chi connectivity index (χ1v) is 28.1. The molecular weight excluding hydrogens is 687 g/mol. The first-order chi connectivity index (χ1) is 19.8. The van der Waals surface area contributed by atoms with Crippen LogP contribution in [0.4, 0.5) is 0 Å². The molecule has 0 heterocycles. The molecule has 242 valence electrons. The van der Waals surface area contributed by atoms with Crippen LogP contribution in [0.2, 0.25) is 48.4 Å². The van der Waals surface area contributed by atoms with E-state index in [1.807, 2.05) is 6.48 Å². The van der Waals surface area contributed by atoms with Crippen LogP contribution < -0.4 is 33.3 Å². The molecule has 2 aromatic rings. The van der Waals surface area contributed by atoms with Crippen LogP contribution in [-0.4, -0.2) is 19.4 Å². The average molecular weight is 747 g/mol. The Morgan fingerprint density at radius 1 is 0.864 bits per heavy atom. The standard InChI is InChI=1S/C25H37Si2.C9H18.C5H5.2ClH.Zr/c1-17(19(3)26(4,5)6)12-20-10-11-23-22(14-20)15-21-13-18(2)25(16-24(21)23)27(7,8)9;1-3-5-7-9-8-6-4-2;1-2-4-5-3-1;;;/h10-11,13,16-17,19H,12,15H2,1-9H3;3-8H2,1-2H3;1-5H;2*1H;/q;;;;;+2/p-2. The van der Waals surface area contributed by atoms with Gasteiger partial charge >= 0.3 is 271 Å². The molecule has 0 spiro atoms. The van der Waals surface area contributed by atoms with Gasteiger partial charge in [-0.25, -0.2) is 0 Å². The number of halogens is 2. The summed E-state index contributed by atoms with van der Waals surface area (Å²) in [6, 6.07) is 10.4. The van der Waals surface area contributed by atoms with Crippen molar-refractivity contribution in [3.05, 3.63) is 70.8 Å². The van der Waals surface area contributed by atoms with Crippen molar-refractivity contribution in [2.45, 2.75) is 134 Å². The second-order valence-corrected chi connectivity index (χ2v) is 33.1. The van der Waals surface area contributed by atoms with E-state index in [1.165, 1.54) is 50.5 Å². The number of rotatable bonds is 13. The molecule has 0 N–H and O–H groups in total. The molecule has 0 nitrogen and oxygen atoms in total. The topological polar surface area (TPSA) is 0 Å². The van der Waals surface area contributed by atoms with E-state index < -0.39 is 37.4 Å². The summed E-state index contributed by atoms with van der Waals surface area (Å²) in [5.41, 5.74) is 10.6. The van der Waals surface area contributed by atoms with Crippen molar-refractivity contribution < 1.29 is 46.1 Å². The summed E-state index contributed by atoms with van der Waals surface area (Å²) >= 11 is -2.28. The van der Waals surface area contributed by atoms with E-state index in [0.29, 0.717) is 3.63 Å². The summed E-state index contributed by atoms with van der Waals surface area (Å²) in [6.07, 6.45) is 20.4. The van der Waals surface area contributed by atoms with E-state index in [0.717, 1.165) is 17.9 Å². The van der Waals surface area contributed by atoms with Gasteiger partial charge < -0.3 is 24.8 Å². The summed E-state index contributed by atoms with van der Waals surface area (Å²) < 4.78 is 4.60. The summed E-state index contributed by atoms with van der Waals surface area (Å²) in [5.74, 6) is 0.729. The van der Waals surface area contributed by atoms with Gasteiger partial charge in [0.15, 0.2) is 0 Å². The zero-order chi connectivity index (χ0) is 30.8. The maximum atomic E-state index is 2.64. The Morgan fingerprint density at radius 2 is 1.45 bits per heavy atom. The van der Waals surface area contributed by atoms with Crippen molar-refractivity contribution in [3.8, 4) is 11.1 Å². The second kappa shape index (κ2) is 16.7. The average Bonchev–Trinajstić information content (AvgIpc) is 3.56. The van der Waals surface area contributed by atoms with E-state index in [1.54, 1.807) is 33.0 Å². The van der Waals surface area contributed by atoms with Crippen LogP contribution in [0.1, 0.15) is 88.5 Å². The Bertz CT molecular complexity index is 1350. The molecule has 5 heteroatoms. The molecular formula is C39H60Cl2Si2Zr. The molecule has 0 fully saturated rings. The van der Waals surface area contributed by atoms with Gasteiger partial charge in [0.05, 0.1) is 0 Å². The van der Waals surface area contributed by atoms with Gasteiger partial charge in [0, 0.05) is 0 Å². The first kappa shape index (κ1) is 39.9. The molecule has 0 aliphatic heterocycles. The maximum absolute atomic E-state index is 2.64. The normalized spacial score (nSPS) is 15.1. The molecule has 2 aromatic carbocycles. The molecule has 2 aliphatic carbocycles. The van der Waals surface area contributed by atoms with Gasteiger partial charge in [0.2, 0.25) is 0 Å². The number of fused-ring (bicyclic) bond motifs is 3. The number of allylic oxidation sites excluding steroid dienone is 4. The van der Waals surface area contributed by atoms with Crippen LogP contribution in [0, 0.1) is 12.8 Å². The molecule has 2 atom stereocenters. The SMILES string of the molecule is CCCC[C](CCCC)=[Zr+2]([c]1c(CC(C)C(C)[Si](C)(C)C)ccc2c1Cc1cc(C)c([Si](C)(C)C)cc1-2)[CH]1C=CC=C1.[Cl-].[Cl-]. The molecule has 2 aliphatic rings. The molecule has 0 radical (unpaired) electrons. The number of aryl methyl sites for hydroxylation is 1. The van der Waals surface area contributed by atoms with Crippen LogP contribution in [0.15, 0.2) is 48.6 Å². The minimum atomic E-state index is -2.28. The third-order valence-electron chi connectivity index (χ3n) is 10.5. The van der Waals surface area contributed by atoms with Crippen LogP contribution in [-0.2, 0) is 34.1 Å². The summed E-state index contributed by atoms with van der Waals surface area (Å²) in [5, 5.41) is 1.65. The molecule has 44 heavy (non-hydrogen) atoms. The number of hydrogen-bond acceptors (Lipinski definition) is 0. The molecule has 0 aromatic heterocycles. The van der Waals surface area contributed by atoms with E-state index >= 15 is 0 Å². The molecule has 0 bridgehead atoms. The zero-order valence-electron chi connectivity index (χ0n) is 29.8. The van der Waals surface area contributed by atoms with Gasteiger partial charge in [-0.3, -0.25) is 0 Å². The Labute approximate surface area is 294 Å². The van der Waals surface area contributed by atoms with Gasteiger partial charge in [0.25, 0.3) is 0 Å². The molecule has 0 amide bonds. The second-order valence-electron chi connectivity index (χ2n) is 15.7. The Kier molecular flexibility index (Phi) is 15.1. The smallest absolute Gasteiger partial charge is 1.00 e. The van der Waals surface area contributed by atoms with Gasteiger partial charge in [-0.1, -0.05) is 0 Å². The minimum Gasteiger partial charge on any atom is -1.00 e. The van der Waals surface area contributed by atoms with Crippen molar-refractivity contribution in [1.29, 1.82) is 0 Å². The van der Waals surface area contributed by atoms with E-state index in [9.17, 15) is 0 Å². The first-order valence-electron chi connectivity index (χ1n) is 17.1. The molecule has 2 unspecified atom stereocenters. The van der Waals surface area contributed by atoms with Gasteiger partial charge in [0.1, 0.15) is 0 Å². The van der Waals surface area contributed by atoms with Crippen molar-refractivity contribution in [2.75, 3.05) is 0 Å². The zero-order valence-corrected chi connectivity index (χ0v) is 35.7. The van der Waals surface area contributed by atoms with Crippen LogP contribution >= 0.6 is 0 Å². The van der Waals surface area contributed by atoms with Crippen molar-refractivity contribution >= 4 is 27.8 Å². The third kappa shape index (κ3) is 8.98. The fourth-order valence-corrected chi connectivity index (χ4v) is 20.4. The van der Waals surface area contributed by atoms with Crippen LogP contribution in [0.3, 0.4) is 0 Å². The Morgan fingerprint density at radius 3 is 1.98 bits per heavy atom. The molecule has 4 rings (SSSR count). The van der Waals surface area contributed by atoms with Gasteiger partial charge in [-0.05, 0) is 0 Å². The van der Waals surface area contributed by atoms with E-state index in [2.05, 4.69) is 122 Å². The summed E-state index contributed by atoms with van der Waals surface area (Å²) in [6.45, 7) is 27.5. The monoisotopic (exact) mass is 744 g/mol. The van der Waals surface area contributed by atoms with Gasteiger partial charge in [-0.15, -0.1) is 0 Å². The summed E-state index contributed by atoms with van der Waals surface area (Å²) in [7, 11) is -2.63. The van der Waals surface area contributed by atoms with E-state index in [4.69, 9.17) is 0 Å². The minimum absolute atomic E-state index is 0. The third-order valence-corrected chi connectivity index (χ3v) is 24.5.